The van der Waals surface area contributed by atoms with Crippen LogP contribution in [0.4, 0.5) is 0 Å². The molecular formula is C18H34N2O2. The predicted octanol–water partition coefficient (Wildman–Crippen LogP) is 3.13. The number of carbonyl (C=O) groups excluding carboxylic acids is 2. The molecule has 0 saturated carbocycles. The number of ketones is 1. The fourth-order valence-electron chi connectivity index (χ4n) is 2.59. The van der Waals surface area contributed by atoms with Gasteiger partial charge in [0.15, 0.2) is 5.78 Å². The highest BCUT2D eigenvalue weighted by Gasteiger charge is 2.25. The third-order valence-corrected chi connectivity index (χ3v) is 3.78. The third kappa shape index (κ3) is 7.21. The van der Waals surface area contributed by atoms with Crippen LogP contribution in [-0.4, -0.2) is 55.6 Å². The Hall–Kier alpha value is -1.16. The molecule has 0 rings (SSSR count). The van der Waals surface area contributed by atoms with E-state index >= 15 is 0 Å². The quantitative estimate of drug-likeness (QED) is 0.353. The second kappa shape index (κ2) is 9.78. The van der Waals surface area contributed by atoms with Gasteiger partial charge in [-0.05, 0) is 44.8 Å². The van der Waals surface area contributed by atoms with Crippen LogP contribution in [0.2, 0.25) is 0 Å². The number of aldehydes is 1. The smallest absolute Gasteiger partial charge is 0.176 e. The van der Waals surface area contributed by atoms with Crippen molar-refractivity contribution in [1.82, 2.24) is 9.80 Å². The topological polar surface area (TPSA) is 40.6 Å². The largest absolute Gasteiger partial charge is 0.371 e. The molecule has 0 aliphatic rings. The van der Waals surface area contributed by atoms with Crippen LogP contribution in [0.5, 0.6) is 0 Å². The molecule has 0 spiro atoms. The van der Waals surface area contributed by atoms with Crippen molar-refractivity contribution in [2.24, 2.45) is 5.41 Å². The van der Waals surface area contributed by atoms with Crippen LogP contribution < -0.4 is 0 Å². The van der Waals surface area contributed by atoms with Crippen LogP contribution in [-0.2, 0) is 9.59 Å². The number of carbonyl (C=O) groups is 2. The van der Waals surface area contributed by atoms with Crippen molar-refractivity contribution in [3.05, 3.63) is 11.3 Å². The molecule has 4 nitrogen and oxygen atoms in total. The molecule has 0 heterocycles. The van der Waals surface area contributed by atoms with Crippen molar-refractivity contribution < 1.29 is 9.59 Å². The summed E-state index contributed by atoms with van der Waals surface area (Å²) in [6.07, 6.45) is 4.11. The Balaban J connectivity index is 4.76. The Morgan fingerprint density at radius 1 is 1.05 bits per heavy atom. The van der Waals surface area contributed by atoms with Gasteiger partial charge in [0.1, 0.15) is 6.29 Å². The second-order valence-corrected chi connectivity index (χ2v) is 7.12. The van der Waals surface area contributed by atoms with E-state index in [2.05, 4.69) is 18.9 Å². The summed E-state index contributed by atoms with van der Waals surface area (Å²) in [6.45, 7) is 12.6. The van der Waals surface area contributed by atoms with E-state index < -0.39 is 0 Å². The summed E-state index contributed by atoms with van der Waals surface area (Å²) in [5.41, 5.74) is 0.827. The zero-order valence-electron chi connectivity index (χ0n) is 15.5. The van der Waals surface area contributed by atoms with Crippen LogP contribution in [0.1, 0.15) is 53.9 Å². The van der Waals surface area contributed by atoms with Gasteiger partial charge < -0.3 is 9.80 Å². The predicted molar refractivity (Wildman–Crippen MR) is 92.9 cm³/mol. The summed E-state index contributed by atoms with van der Waals surface area (Å²) in [5, 5.41) is 0. The van der Waals surface area contributed by atoms with Crippen molar-refractivity contribution in [1.29, 1.82) is 0 Å². The fraction of sp³-hybridized carbons (Fsp3) is 0.778. The molecule has 0 aliphatic carbocycles. The normalized spacial score (nSPS) is 13.1. The van der Waals surface area contributed by atoms with E-state index in [1.54, 1.807) is 0 Å². The lowest BCUT2D eigenvalue weighted by molar-refractivity contribution is -0.115. The Bertz CT molecular complexity index is 394. The van der Waals surface area contributed by atoms with Gasteiger partial charge in [-0.15, -0.1) is 0 Å². The van der Waals surface area contributed by atoms with Crippen molar-refractivity contribution in [2.75, 3.05) is 33.7 Å². The summed E-state index contributed by atoms with van der Waals surface area (Å²) in [7, 11) is 4.04. The minimum absolute atomic E-state index is 0.0392. The first-order valence-electron chi connectivity index (χ1n) is 8.25. The highest BCUT2D eigenvalue weighted by Crippen LogP contribution is 2.28. The molecule has 0 aromatic rings. The summed E-state index contributed by atoms with van der Waals surface area (Å²) >= 11 is 0. The lowest BCUT2D eigenvalue weighted by Crippen LogP contribution is -2.29. The molecule has 0 aliphatic heterocycles. The van der Waals surface area contributed by atoms with E-state index in [0.717, 1.165) is 38.8 Å². The number of hydrogen-bond acceptors (Lipinski definition) is 4. The van der Waals surface area contributed by atoms with Gasteiger partial charge in [-0.3, -0.25) is 9.59 Å². The van der Waals surface area contributed by atoms with Crippen molar-refractivity contribution in [2.45, 2.75) is 53.9 Å². The van der Waals surface area contributed by atoms with Gasteiger partial charge in [0, 0.05) is 26.1 Å². The van der Waals surface area contributed by atoms with Gasteiger partial charge in [0.2, 0.25) is 0 Å². The van der Waals surface area contributed by atoms with Gasteiger partial charge in [-0.1, -0.05) is 27.7 Å². The van der Waals surface area contributed by atoms with Gasteiger partial charge in [-0.2, -0.15) is 0 Å². The summed E-state index contributed by atoms with van der Waals surface area (Å²) in [6, 6.07) is 0. The first-order valence-corrected chi connectivity index (χ1v) is 8.25. The average molecular weight is 310 g/mol. The molecule has 0 N–H and O–H groups in total. The van der Waals surface area contributed by atoms with E-state index in [1.807, 2.05) is 32.7 Å². The number of hydrogen-bond donors (Lipinski definition) is 0. The Morgan fingerprint density at radius 3 is 2.00 bits per heavy atom. The minimum atomic E-state index is -0.321. The first kappa shape index (κ1) is 20.8. The lowest BCUT2D eigenvalue weighted by atomic mass is 9.85. The van der Waals surface area contributed by atoms with E-state index in [9.17, 15) is 9.59 Å². The van der Waals surface area contributed by atoms with Crippen LogP contribution in [0.15, 0.2) is 11.3 Å². The van der Waals surface area contributed by atoms with Crippen LogP contribution in [0, 0.1) is 5.41 Å². The molecule has 0 fully saturated rings. The van der Waals surface area contributed by atoms with E-state index in [1.165, 1.54) is 13.3 Å². The molecule has 128 valence electrons. The van der Waals surface area contributed by atoms with Gasteiger partial charge in [-0.25, -0.2) is 0 Å². The zero-order chi connectivity index (χ0) is 17.3. The maximum Gasteiger partial charge on any atom is 0.176 e. The van der Waals surface area contributed by atoms with E-state index in [-0.39, 0.29) is 11.2 Å². The molecule has 0 unspecified atom stereocenters. The number of allylic oxidation sites excluding steroid dienone is 2. The lowest BCUT2D eigenvalue weighted by Gasteiger charge is -2.28. The molecule has 4 heteroatoms. The van der Waals surface area contributed by atoms with Crippen LogP contribution >= 0.6 is 0 Å². The Kier molecular flexibility index (Phi) is 9.26. The highest BCUT2D eigenvalue weighted by atomic mass is 16.1. The standard InChI is InChI=1S/C18H34N2O2/c1-8-11-19(6)12-9-10-13-20(7)17(15(2)22)16(14-21)18(3,4)5/h14H,8-13H2,1-7H3/b17-16-. The number of nitrogens with zero attached hydrogens (tertiary/aromatic N) is 2. The maximum absolute atomic E-state index is 12.0. The third-order valence-electron chi connectivity index (χ3n) is 3.78. The zero-order valence-corrected chi connectivity index (χ0v) is 15.5. The Morgan fingerprint density at radius 2 is 1.59 bits per heavy atom. The van der Waals surface area contributed by atoms with Crippen molar-refractivity contribution in [3.8, 4) is 0 Å². The van der Waals surface area contributed by atoms with Crippen LogP contribution in [0.25, 0.3) is 0 Å². The molecule has 0 amide bonds. The Labute approximate surface area is 136 Å². The fourth-order valence-corrected chi connectivity index (χ4v) is 2.59. The summed E-state index contributed by atoms with van der Waals surface area (Å²) in [5.74, 6) is -0.0392. The molecule has 0 atom stereocenters. The van der Waals surface area contributed by atoms with Crippen LogP contribution in [0.3, 0.4) is 0 Å². The second-order valence-electron chi connectivity index (χ2n) is 7.12. The molecule has 0 saturated heterocycles. The summed E-state index contributed by atoms with van der Waals surface area (Å²) < 4.78 is 0. The number of likely N-dealkylation sites (N-methyl/N-ethyl adjacent to an activating group) is 1. The highest BCUT2D eigenvalue weighted by molar-refractivity contribution is 5.98. The number of unbranched alkanes of at least 4 members (excludes halogenated alkanes) is 1. The molecule has 0 radical (unpaired) electrons. The first-order chi connectivity index (χ1) is 10.1. The number of Topliss-reactive ketones (excluding diaryl/α,β-unsaturated/α-hetero) is 1. The van der Waals surface area contributed by atoms with Crippen molar-refractivity contribution in [3.63, 3.8) is 0 Å². The number of rotatable bonds is 10. The molecule has 0 bridgehead atoms. The summed E-state index contributed by atoms with van der Waals surface area (Å²) in [4.78, 5) is 27.7. The van der Waals surface area contributed by atoms with Crippen molar-refractivity contribution >= 4 is 12.1 Å². The maximum atomic E-state index is 12.0. The monoisotopic (exact) mass is 310 g/mol. The molecule has 0 aromatic heterocycles. The minimum Gasteiger partial charge on any atom is -0.371 e. The van der Waals surface area contributed by atoms with Gasteiger partial charge >= 0.3 is 0 Å². The average Bonchev–Trinajstić information content (AvgIpc) is 2.38. The molecule has 22 heavy (non-hydrogen) atoms. The molecule has 0 aromatic carbocycles. The van der Waals surface area contributed by atoms with Gasteiger partial charge in [0.05, 0.1) is 5.70 Å². The van der Waals surface area contributed by atoms with E-state index in [4.69, 9.17) is 0 Å². The van der Waals surface area contributed by atoms with E-state index in [0.29, 0.717) is 11.3 Å². The molecular weight excluding hydrogens is 276 g/mol. The SMILES string of the molecule is CCCN(C)CCCCN(C)/C(C(C)=O)=C(/C=O)C(C)(C)C. The van der Waals surface area contributed by atoms with Gasteiger partial charge in [0.25, 0.3) is 0 Å².